The van der Waals surface area contributed by atoms with E-state index in [4.69, 9.17) is 0 Å². The maximum absolute atomic E-state index is 12.0. The summed E-state index contributed by atoms with van der Waals surface area (Å²) in [6.07, 6.45) is 1.68. The molecule has 140 valence electrons. The van der Waals surface area contributed by atoms with E-state index in [1.54, 1.807) is 12.1 Å². The fraction of sp³-hybridized carbons (Fsp3) is 0.273. The molecule has 5 heteroatoms. The second kappa shape index (κ2) is 8.54. The third kappa shape index (κ3) is 4.97. The summed E-state index contributed by atoms with van der Waals surface area (Å²) >= 11 is 0. The first-order valence-corrected chi connectivity index (χ1v) is 9.19. The lowest BCUT2D eigenvalue weighted by atomic mass is 10.1. The molecule has 1 heterocycles. The average Bonchev–Trinajstić information content (AvgIpc) is 3.00. The van der Waals surface area contributed by atoms with Crippen molar-refractivity contribution in [2.45, 2.75) is 33.1 Å². The van der Waals surface area contributed by atoms with Crippen LogP contribution in [-0.2, 0) is 17.6 Å². The van der Waals surface area contributed by atoms with E-state index in [0.29, 0.717) is 19.4 Å². The van der Waals surface area contributed by atoms with Crippen molar-refractivity contribution in [2.75, 3.05) is 6.54 Å². The van der Waals surface area contributed by atoms with Gasteiger partial charge in [-0.15, -0.1) is 0 Å². The SMILES string of the molecule is Cc1cc(C)n(-c2ccc(CCNC(=O)CCc3ccccc3O)cc2)n1. The van der Waals surface area contributed by atoms with Crippen molar-refractivity contribution < 1.29 is 9.90 Å². The number of nitrogens with one attached hydrogen (secondary N) is 1. The van der Waals surface area contributed by atoms with Crippen LogP contribution in [-0.4, -0.2) is 27.3 Å². The Hall–Kier alpha value is -3.08. The van der Waals surface area contributed by atoms with Crippen LogP contribution in [0.1, 0.15) is 28.9 Å². The molecule has 0 fully saturated rings. The molecule has 2 N–H and O–H groups in total. The number of aromatic nitrogens is 2. The fourth-order valence-electron chi connectivity index (χ4n) is 3.10. The van der Waals surface area contributed by atoms with Crippen molar-refractivity contribution >= 4 is 5.91 Å². The van der Waals surface area contributed by atoms with Gasteiger partial charge in [0.25, 0.3) is 0 Å². The number of carbonyl (C=O) groups is 1. The smallest absolute Gasteiger partial charge is 0.220 e. The predicted octanol–water partition coefficient (Wildman–Crippen LogP) is 3.49. The van der Waals surface area contributed by atoms with E-state index in [1.807, 2.05) is 30.7 Å². The normalized spacial score (nSPS) is 10.7. The molecule has 0 saturated heterocycles. The van der Waals surface area contributed by atoms with E-state index in [0.717, 1.165) is 29.1 Å². The van der Waals surface area contributed by atoms with Crippen LogP contribution in [0.25, 0.3) is 5.69 Å². The first kappa shape index (κ1) is 18.7. The first-order valence-electron chi connectivity index (χ1n) is 9.19. The molecule has 0 radical (unpaired) electrons. The van der Waals surface area contributed by atoms with Gasteiger partial charge in [-0.1, -0.05) is 30.3 Å². The van der Waals surface area contributed by atoms with Crippen molar-refractivity contribution in [1.82, 2.24) is 15.1 Å². The molecule has 2 aromatic carbocycles. The summed E-state index contributed by atoms with van der Waals surface area (Å²) in [4.78, 5) is 12.0. The summed E-state index contributed by atoms with van der Waals surface area (Å²) in [6.45, 7) is 4.62. The highest BCUT2D eigenvalue weighted by Crippen LogP contribution is 2.17. The highest BCUT2D eigenvalue weighted by molar-refractivity contribution is 5.76. The number of hydrogen-bond acceptors (Lipinski definition) is 3. The molecule has 27 heavy (non-hydrogen) atoms. The standard InChI is InChI=1S/C22H25N3O2/c1-16-15-17(2)25(24-16)20-10-7-18(8-11-20)13-14-23-22(27)12-9-19-5-3-4-6-21(19)26/h3-8,10-11,15,26H,9,12-14H2,1-2H3,(H,23,27). The van der Waals surface area contributed by atoms with Crippen LogP contribution < -0.4 is 5.32 Å². The molecule has 0 aliphatic carbocycles. The average molecular weight is 363 g/mol. The molecule has 0 aliphatic heterocycles. The highest BCUT2D eigenvalue weighted by atomic mass is 16.3. The van der Waals surface area contributed by atoms with Crippen LogP contribution in [0.5, 0.6) is 5.75 Å². The van der Waals surface area contributed by atoms with Gasteiger partial charge in [-0.2, -0.15) is 5.10 Å². The molecule has 0 spiro atoms. The molecule has 0 aliphatic rings. The minimum absolute atomic E-state index is 0.00230. The van der Waals surface area contributed by atoms with Crippen LogP contribution in [0.4, 0.5) is 0 Å². The van der Waals surface area contributed by atoms with E-state index in [-0.39, 0.29) is 11.7 Å². The number of para-hydroxylation sites is 1. The van der Waals surface area contributed by atoms with Gasteiger partial charge in [0.1, 0.15) is 5.75 Å². The number of nitrogens with zero attached hydrogens (tertiary/aromatic N) is 2. The topological polar surface area (TPSA) is 67.2 Å². The Kier molecular flexibility index (Phi) is 5.91. The zero-order valence-corrected chi connectivity index (χ0v) is 15.8. The number of phenolic OH excluding ortho intramolecular Hbond substituents is 1. The van der Waals surface area contributed by atoms with E-state index in [9.17, 15) is 9.90 Å². The van der Waals surface area contributed by atoms with Gasteiger partial charge in [0.15, 0.2) is 0 Å². The molecule has 5 nitrogen and oxygen atoms in total. The molecular weight excluding hydrogens is 338 g/mol. The molecule has 0 unspecified atom stereocenters. The van der Waals surface area contributed by atoms with Gasteiger partial charge >= 0.3 is 0 Å². The number of amides is 1. The molecule has 0 bridgehead atoms. The van der Waals surface area contributed by atoms with Gasteiger partial charge in [-0.25, -0.2) is 4.68 Å². The van der Waals surface area contributed by atoms with Crippen LogP contribution >= 0.6 is 0 Å². The quantitative estimate of drug-likeness (QED) is 0.675. The van der Waals surface area contributed by atoms with Gasteiger partial charge < -0.3 is 10.4 Å². The monoisotopic (exact) mass is 363 g/mol. The number of carbonyl (C=O) groups excluding carboxylic acids is 1. The fourth-order valence-corrected chi connectivity index (χ4v) is 3.10. The van der Waals surface area contributed by atoms with Crippen molar-refractivity contribution in [3.63, 3.8) is 0 Å². The predicted molar refractivity (Wildman–Crippen MR) is 106 cm³/mol. The number of phenols is 1. The van der Waals surface area contributed by atoms with Gasteiger partial charge in [0.05, 0.1) is 11.4 Å². The Morgan fingerprint density at radius 1 is 1.07 bits per heavy atom. The van der Waals surface area contributed by atoms with Crippen LogP contribution in [0, 0.1) is 13.8 Å². The van der Waals surface area contributed by atoms with Crippen molar-refractivity contribution in [3.8, 4) is 11.4 Å². The van der Waals surface area contributed by atoms with Gasteiger partial charge in [0.2, 0.25) is 5.91 Å². The number of aryl methyl sites for hydroxylation is 3. The zero-order chi connectivity index (χ0) is 19.2. The summed E-state index contributed by atoms with van der Waals surface area (Å²) in [5.41, 5.74) is 5.12. The minimum atomic E-state index is -0.00230. The van der Waals surface area contributed by atoms with Crippen molar-refractivity contribution in [3.05, 3.63) is 77.1 Å². The summed E-state index contributed by atoms with van der Waals surface area (Å²) < 4.78 is 1.93. The van der Waals surface area contributed by atoms with Crippen LogP contribution in [0.15, 0.2) is 54.6 Å². The number of hydrogen-bond donors (Lipinski definition) is 2. The largest absolute Gasteiger partial charge is 0.508 e. The van der Waals surface area contributed by atoms with Crippen molar-refractivity contribution in [2.24, 2.45) is 0 Å². The maximum atomic E-state index is 12.0. The second-order valence-corrected chi connectivity index (χ2v) is 6.73. The molecule has 0 atom stereocenters. The molecule has 1 aromatic heterocycles. The Labute approximate surface area is 159 Å². The minimum Gasteiger partial charge on any atom is -0.508 e. The van der Waals surface area contributed by atoms with Gasteiger partial charge in [-0.05, 0) is 62.1 Å². The van der Waals surface area contributed by atoms with E-state index >= 15 is 0 Å². The maximum Gasteiger partial charge on any atom is 0.220 e. The van der Waals surface area contributed by atoms with E-state index in [1.165, 1.54) is 5.56 Å². The van der Waals surface area contributed by atoms with Gasteiger partial charge in [0, 0.05) is 18.7 Å². The number of rotatable bonds is 7. The number of benzene rings is 2. The third-order valence-corrected chi connectivity index (χ3v) is 4.54. The van der Waals surface area contributed by atoms with Gasteiger partial charge in [-0.3, -0.25) is 4.79 Å². The molecule has 3 aromatic rings. The lowest BCUT2D eigenvalue weighted by molar-refractivity contribution is -0.121. The summed E-state index contributed by atoms with van der Waals surface area (Å²) in [5.74, 6) is 0.241. The Morgan fingerprint density at radius 2 is 1.81 bits per heavy atom. The summed E-state index contributed by atoms with van der Waals surface area (Å²) in [7, 11) is 0. The summed E-state index contributed by atoms with van der Waals surface area (Å²) in [5, 5.41) is 17.2. The molecular formula is C22H25N3O2. The third-order valence-electron chi connectivity index (χ3n) is 4.54. The van der Waals surface area contributed by atoms with Crippen LogP contribution in [0.2, 0.25) is 0 Å². The molecule has 3 rings (SSSR count). The second-order valence-electron chi connectivity index (χ2n) is 6.73. The number of aromatic hydroxyl groups is 1. The van der Waals surface area contributed by atoms with Crippen molar-refractivity contribution in [1.29, 1.82) is 0 Å². The van der Waals surface area contributed by atoms with Crippen LogP contribution in [0.3, 0.4) is 0 Å². The zero-order valence-electron chi connectivity index (χ0n) is 15.8. The summed E-state index contributed by atoms with van der Waals surface area (Å²) in [6, 6.07) is 17.4. The first-order chi connectivity index (χ1) is 13.0. The highest BCUT2D eigenvalue weighted by Gasteiger charge is 2.06. The molecule has 1 amide bonds. The Morgan fingerprint density at radius 3 is 2.48 bits per heavy atom. The Balaban J connectivity index is 1.45. The lowest BCUT2D eigenvalue weighted by Gasteiger charge is -2.08. The molecule has 0 saturated carbocycles. The lowest BCUT2D eigenvalue weighted by Crippen LogP contribution is -2.25. The van der Waals surface area contributed by atoms with E-state index < -0.39 is 0 Å². The Bertz CT molecular complexity index is 914. The van der Waals surface area contributed by atoms with E-state index in [2.05, 4.69) is 40.7 Å².